The minimum Gasteiger partial charge on any atom is -0.334 e. The lowest BCUT2D eigenvalue weighted by molar-refractivity contribution is 0.251. The van der Waals surface area contributed by atoms with Crippen LogP contribution in [-0.2, 0) is 16.7 Å². The third kappa shape index (κ3) is 4.54. The number of amides is 2. The molecule has 0 bridgehead atoms. The van der Waals surface area contributed by atoms with E-state index < -0.39 is 16.1 Å². The van der Waals surface area contributed by atoms with E-state index in [0.717, 1.165) is 5.56 Å². The van der Waals surface area contributed by atoms with Crippen LogP contribution < -0.4 is 10.6 Å². The van der Waals surface area contributed by atoms with Crippen molar-refractivity contribution in [1.29, 1.82) is 0 Å². The summed E-state index contributed by atoms with van der Waals surface area (Å²) in [4.78, 5) is 11.4. The third-order valence-corrected chi connectivity index (χ3v) is 3.64. The number of rotatable bonds is 4. The van der Waals surface area contributed by atoms with Gasteiger partial charge in [-0.15, -0.1) is 0 Å². The summed E-state index contributed by atoms with van der Waals surface area (Å²) in [6, 6.07) is 10.2. The van der Waals surface area contributed by atoms with E-state index in [4.69, 9.17) is 4.55 Å². The summed E-state index contributed by atoms with van der Waals surface area (Å²) < 4.78 is 43.3. The van der Waals surface area contributed by atoms with E-state index in [1.165, 1.54) is 36.4 Å². The topological polar surface area (TPSA) is 95.5 Å². The molecule has 2 amide bonds. The fourth-order valence-electron chi connectivity index (χ4n) is 1.67. The number of nitrogens with one attached hydrogen (secondary N) is 2. The zero-order valence-electron chi connectivity index (χ0n) is 11.3. The van der Waals surface area contributed by atoms with Gasteiger partial charge in [-0.1, -0.05) is 12.1 Å². The molecule has 8 heteroatoms. The SMILES string of the molecule is O=C(NCc1ccc(F)cc1)Nc1ccc(S(=O)(=O)O)cc1. The van der Waals surface area contributed by atoms with Crippen LogP contribution >= 0.6 is 0 Å². The Bertz CT molecular complexity index is 758. The molecule has 0 heterocycles. The van der Waals surface area contributed by atoms with Crippen molar-refractivity contribution >= 4 is 21.8 Å². The van der Waals surface area contributed by atoms with Gasteiger partial charge in [-0.2, -0.15) is 8.42 Å². The highest BCUT2D eigenvalue weighted by Gasteiger charge is 2.09. The highest BCUT2D eigenvalue weighted by molar-refractivity contribution is 7.85. The van der Waals surface area contributed by atoms with Crippen LogP contribution in [-0.4, -0.2) is 19.0 Å². The zero-order valence-corrected chi connectivity index (χ0v) is 12.1. The molecule has 0 saturated heterocycles. The van der Waals surface area contributed by atoms with Gasteiger partial charge < -0.3 is 10.6 Å². The predicted octanol–water partition coefficient (Wildman–Crippen LogP) is 2.39. The van der Waals surface area contributed by atoms with Crippen LogP contribution in [0.25, 0.3) is 0 Å². The summed E-state index contributed by atoms with van der Waals surface area (Å²) in [7, 11) is -4.26. The standard InChI is InChI=1S/C14H13FN2O4S/c15-11-3-1-10(2-4-11)9-16-14(18)17-12-5-7-13(8-6-12)22(19,20)21/h1-8H,9H2,(H2,16,17,18)(H,19,20,21). The van der Waals surface area contributed by atoms with Crippen molar-refractivity contribution < 1.29 is 22.2 Å². The maximum atomic E-state index is 12.7. The normalized spacial score (nSPS) is 11.0. The molecular formula is C14H13FN2O4S. The average molecular weight is 324 g/mol. The van der Waals surface area contributed by atoms with E-state index in [1.54, 1.807) is 12.1 Å². The summed E-state index contributed by atoms with van der Waals surface area (Å²) >= 11 is 0. The molecule has 0 radical (unpaired) electrons. The number of halogens is 1. The van der Waals surface area contributed by atoms with Crippen molar-refractivity contribution in [2.24, 2.45) is 0 Å². The van der Waals surface area contributed by atoms with Crippen molar-refractivity contribution in [3.8, 4) is 0 Å². The Balaban J connectivity index is 1.90. The molecule has 0 spiro atoms. The summed E-state index contributed by atoms with van der Waals surface area (Å²) in [5, 5.41) is 5.07. The summed E-state index contributed by atoms with van der Waals surface area (Å²) in [5.74, 6) is -0.355. The van der Waals surface area contributed by atoms with Crippen molar-refractivity contribution in [3.05, 3.63) is 59.9 Å². The molecule has 116 valence electrons. The van der Waals surface area contributed by atoms with Crippen LogP contribution in [0, 0.1) is 5.82 Å². The third-order valence-electron chi connectivity index (χ3n) is 2.78. The van der Waals surface area contributed by atoms with Crippen LogP contribution in [0.3, 0.4) is 0 Å². The molecule has 0 unspecified atom stereocenters. The zero-order chi connectivity index (χ0) is 16.2. The summed E-state index contributed by atoms with van der Waals surface area (Å²) in [5.41, 5.74) is 1.10. The molecule has 0 aliphatic heterocycles. The van der Waals surface area contributed by atoms with Gasteiger partial charge >= 0.3 is 6.03 Å². The van der Waals surface area contributed by atoms with Gasteiger partial charge in [-0.05, 0) is 42.0 Å². The van der Waals surface area contributed by atoms with Gasteiger partial charge in [0.05, 0.1) is 4.90 Å². The first-order valence-electron chi connectivity index (χ1n) is 6.21. The van der Waals surface area contributed by atoms with Crippen molar-refractivity contribution in [2.45, 2.75) is 11.4 Å². The maximum absolute atomic E-state index is 12.7. The molecule has 0 aliphatic carbocycles. The van der Waals surface area contributed by atoms with E-state index in [1.807, 2.05) is 0 Å². The molecule has 2 aromatic rings. The highest BCUT2D eigenvalue weighted by atomic mass is 32.2. The van der Waals surface area contributed by atoms with Gasteiger partial charge in [-0.25, -0.2) is 9.18 Å². The number of hydrogen-bond donors (Lipinski definition) is 3. The largest absolute Gasteiger partial charge is 0.334 e. The lowest BCUT2D eigenvalue weighted by Gasteiger charge is -2.08. The first-order valence-corrected chi connectivity index (χ1v) is 7.65. The minimum atomic E-state index is -4.26. The molecule has 0 aliphatic rings. The van der Waals surface area contributed by atoms with E-state index in [9.17, 15) is 17.6 Å². The van der Waals surface area contributed by atoms with Gasteiger partial charge in [0.15, 0.2) is 0 Å². The Morgan fingerprint density at radius 1 is 1.05 bits per heavy atom. The molecule has 22 heavy (non-hydrogen) atoms. The van der Waals surface area contributed by atoms with Crippen LogP contribution in [0.1, 0.15) is 5.56 Å². The number of benzene rings is 2. The number of anilines is 1. The molecule has 2 aromatic carbocycles. The Hall–Kier alpha value is -2.45. The number of urea groups is 1. The Kier molecular flexibility index (Phi) is 4.74. The lowest BCUT2D eigenvalue weighted by atomic mass is 10.2. The van der Waals surface area contributed by atoms with E-state index >= 15 is 0 Å². The van der Waals surface area contributed by atoms with E-state index in [0.29, 0.717) is 5.69 Å². The van der Waals surface area contributed by atoms with E-state index in [2.05, 4.69) is 10.6 Å². The molecule has 3 N–H and O–H groups in total. The molecule has 0 atom stereocenters. The van der Waals surface area contributed by atoms with Crippen LogP contribution in [0.15, 0.2) is 53.4 Å². The molecule has 0 saturated carbocycles. The average Bonchev–Trinajstić information content (AvgIpc) is 2.46. The van der Waals surface area contributed by atoms with E-state index in [-0.39, 0.29) is 17.3 Å². The second-order valence-corrected chi connectivity index (χ2v) is 5.86. The fraction of sp³-hybridized carbons (Fsp3) is 0.0714. The highest BCUT2D eigenvalue weighted by Crippen LogP contribution is 2.13. The predicted molar refractivity (Wildman–Crippen MR) is 78.5 cm³/mol. The van der Waals surface area contributed by atoms with Gasteiger partial charge in [0.1, 0.15) is 5.82 Å². The molecule has 6 nitrogen and oxygen atoms in total. The van der Waals surface area contributed by atoms with Gasteiger partial charge in [0, 0.05) is 12.2 Å². The van der Waals surface area contributed by atoms with Crippen LogP contribution in [0.4, 0.5) is 14.9 Å². The van der Waals surface area contributed by atoms with Crippen molar-refractivity contribution in [1.82, 2.24) is 5.32 Å². The van der Waals surface area contributed by atoms with Crippen molar-refractivity contribution in [2.75, 3.05) is 5.32 Å². The van der Waals surface area contributed by atoms with Crippen LogP contribution in [0.5, 0.6) is 0 Å². The Morgan fingerprint density at radius 3 is 2.18 bits per heavy atom. The lowest BCUT2D eigenvalue weighted by Crippen LogP contribution is -2.28. The molecular weight excluding hydrogens is 311 g/mol. The Morgan fingerprint density at radius 2 is 1.64 bits per heavy atom. The smallest absolute Gasteiger partial charge is 0.319 e. The van der Waals surface area contributed by atoms with Crippen molar-refractivity contribution in [3.63, 3.8) is 0 Å². The number of hydrogen-bond acceptors (Lipinski definition) is 3. The monoisotopic (exact) mass is 324 g/mol. The Labute approximate surface area is 126 Å². The molecule has 2 rings (SSSR count). The first-order chi connectivity index (χ1) is 10.3. The number of carbonyl (C=O) groups excluding carboxylic acids is 1. The van der Waals surface area contributed by atoms with Gasteiger partial charge in [-0.3, -0.25) is 4.55 Å². The quantitative estimate of drug-likeness (QED) is 0.753. The summed E-state index contributed by atoms with van der Waals surface area (Å²) in [6.45, 7) is 0.217. The molecule has 0 fully saturated rings. The van der Waals surface area contributed by atoms with Gasteiger partial charge in [0.2, 0.25) is 0 Å². The second-order valence-electron chi connectivity index (χ2n) is 4.43. The minimum absolute atomic E-state index is 0.217. The summed E-state index contributed by atoms with van der Waals surface area (Å²) in [6.07, 6.45) is 0. The van der Waals surface area contributed by atoms with Crippen LogP contribution in [0.2, 0.25) is 0 Å². The molecule has 0 aromatic heterocycles. The first kappa shape index (κ1) is 15.9. The fourth-order valence-corrected chi connectivity index (χ4v) is 2.15. The van der Waals surface area contributed by atoms with Gasteiger partial charge in [0.25, 0.3) is 10.1 Å². The number of carbonyl (C=O) groups is 1. The second kappa shape index (κ2) is 6.54. The maximum Gasteiger partial charge on any atom is 0.319 e.